The summed E-state index contributed by atoms with van der Waals surface area (Å²) in [6, 6.07) is 8.36. The van der Waals surface area contributed by atoms with Crippen LogP contribution in [0.4, 0.5) is 0 Å². The van der Waals surface area contributed by atoms with E-state index in [0.717, 1.165) is 11.1 Å². The van der Waals surface area contributed by atoms with Gasteiger partial charge in [0.15, 0.2) is 0 Å². The Morgan fingerprint density at radius 2 is 1.58 bits per heavy atom. The van der Waals surface area contributed by atoms with E-state index in [0.29, 0.717) is 6.61 Å². The monoisotopic (exact) mass is 527 g/mol. The molecule has 0 saturated heterocycles. The summed E-state index contributed by atoms with van der Waals surface area (Å²) in [5.74, 6) is -0.698. The molecule has 212 valence electrons. The zero-order valence-electron chi connectivity index (χ0n) is 25.2. The first-order valence-corrected chi connectivity index (χ1v) is 13.4. The van der Waals surface area contributed by atoms with Crippen LogP contribution in [0.15, 0.2) is 54.1 Å². The highest BCUT2D eigenvalue weighted by Gasteiger charge is 2.41. The molecule has 0 aliphatic heterocycles. The minimum atomic E-state index is -0.743. The zero-order valence-corrected chi connectivity index (χ0v) is 25.2. The van der Waals surface area contributed by atoms with E-state index in [9.17, 15) is 14.4 Å². The van der Waals surface area contributed by atoms with Gasteiger partial charge in [-0.2, -0.15) is 0 Å². The molecule has 0 aromatic heterocycles. The molecule has 0 unspecified atom stereocenters. The van der Waals surface area contributed by atoms with Gasteiger partial charge in [0, 0.05) is 18.5 Å². The fourth-order valence-electron chi connectivity index (χ4n) is 4.55. The number of ether oxygens (including phenoxy) is 1. The molecule has 0 radical (unpaired) electrons. The Morgan fingerprint density at radius 1 is 1.00 bits per heavy atom. The van der Waals surface area contributed by atoms with Gasteiger partial charge in [-0.3, -0.25) is 9.59 Å². The number of rotatable bonds is 12. The maximum Gasteiger partial charge on any atom is 0.330 e. The molecule has 0 aliphatic rings. The summed E-state index contributed by atoms with van der Waals surface area (Å²) in [5.41, 5.74) is 0.831. The van der Waals surface area contributed by atoms with E-state index < -0.39 is 28.9 Å². The number of hydrogen-bond acceptors (Lipinski definition) is 5. The summed E-state index contributed by atoms with van der Waals surface area (Å²) in [7, 11) is 3.53. The molecule has 0 heterocycles. The Morgan fingerprint density at radius 3 is 2.05 bits per heavy atom. The third kappa shape index (κ3) is 9.12. The van der Waals surface area contributed by atoms with Crippen molar-refractivity contribution in [3.05, 3.63) is 59.7 Å². The summed E-state index contributed by atoms with van der Waals surface area (Å²) < 4.78 is 4.95. The summed E-state index contributed by atoms with van der Waals surface area (Å²) in [5, 5.41) is 6.25. The molecular weight excluding hydrogens is 478 g/mol. The summed E-state index contributed by atoms with van der Waals surface area (Å²) >= 11 is 0. The fourth-order valence-corrected chi connectivity index (χ4v) is 4.55. The Kier molecular flexibility index (Phi) is 12.4. The number of carbonyl (C=O) groups excluding carboxylic acids is 3. The van der Waals surface area contributed by atoms with Crippen LogP contribution in [0.5, 0.6) is 0 Å². The molecule has 0 spiro atoms. The number of benzene rings is 1. The van der Waals surface area contributed by atoms with Gasteiger partial charge in [-0.05, 0) is 37.8 Å². The highest BCUT2D eigenvalue weighted by Crippen LogP contribution is 2.29. The SMILES string of the molecule is CCOC(=O)C=C/C(C)=C/[C@H](C(C)C)N(C)C(=O)[C@@H](NC(=O)[C@@H](NC)C(C)(C)c1ccccc1)C(C)(C)C. The first kappa shape index (κ1) is 33.1. The molecule has 1 aromatic rings. The van der Waals surface area contributed by atoms with Crippen molar-refractivity contribution < 1.29 is 19.1 Å². The topological polar surface area (TPSA) is 87.7 Å². The number of nitrogens with one attached hydrogen (secondary N) is 2. The lowest BCUT2D eigenvalue weighted by Crippen LogP contribution is -2.61. The number of esters is 1. The predicted molar refractivity (Wildman–Crippen MR) is 155 cm³/mol. The van der Waals surface area contributed by atoms with E-state index in [-0.39, 0.29) is 23.8 Å². The normalized spacial score (nSPS) is 15.2. The van der Waals surface area contributed by atoms with Crippen LogP contribution in [-0.2, 0) is 24.5 Å². The molecule has 2 amide bonds. The molecule has 38 heavy (non-hydrogen) atoms. The number of nitrogens with zero attached hydrogens (tertiary/aromatic N) is 1. The predicted octanol–water partition coefficient (Wildman–Crippen LogP) is 4.63. The Bertz CT molecular complexity index is 990. The van der Waals surface area contributed by atoms with E-state index >= 15 is 0 Å². The van der Waals surface area contributed by atoms with Gasteiger partial charge in [0.25, 0.3) is 0 Å². The van der Waals surface area contributed by atoms with Crippen molar-refractivity contribution in [3.63, 3.8) is 0 Å². The second-order valence-electron chi connectivity index (χ2n) is 11.8. The van der Waals surface area contributed by atoms with Crippen LogP contribution in [0.25, 0.3) is 0 Å². The van der Waals surface area contributed by atoms with Crippen LogP contribution in [0.3, 0.4) is 0 Å². The third-order valence-electron chi connectivity index (χ3n) is 6.87. The van der Waals surface area contributed by atoms with Crippen molar-refractivity contribution in [2.75, 3.05) is 20.7 Å². The maximum absolute atomic E-state index is 13.9. The summed E-state index contributed by atoms with van der Waals surface area (Å²) in [4.78, 5) is 41.0. The molecule has 1 aromatic carbocycles. The van der Waals surface area contributed by atoms with Crippen LogP contribution >= 0.6 is 0 Å². The molecule has 0 aliphatic carbocycles. The van der Waals surface area contributed by atoms with Gasteiger partial charge in [0.05, 0.1) is 18.7 Å². The van der Waals surface area contributed by atoms with Crippen molar-refractivity contribution >= 4 is 17.8 Å². The number of hydrogen-bond donors (Lipinski definition) is 2. The van der Waals surface area contributed by atoms with Crippen molar-refractivity contribution in [1.29, 1.82) is 0 Å². The fraction of sp³-hybridized carbons (Fsp3) is 0.581. The average molecular weight is 528 g/mol. The maximum atomic E-state index is 13.9. The van der Waals surface area contributed by atoms with Gasteiger partial charge < -0.3 is 20.3 Å². The first-order valence-electron chi connectivity index (χ1n) is 13.4. The minimum absolute atomic E-state index is 0.105. The lowest BCUT2D eigenvalue weighted by atomic mass is 9.76. The van der Waals surface area contributed by atoms with E-state index in [2.05, 4.69) is 10.6 Å². The average Bonchev–Trinajstić information content (AvgIpc) is 2.83. The molecule has 1 rings (SSSR count). The first-order chi connectivity index (χ1) is 17.6. The molecule has 3 atom stereocenters. The van der Waals surface area contributed by atoms with Crippen LogP contribution in [-0.4, -0.2) is 61.5 Å². The standard InChI is InChI=1S/C31H49N3O4/c1-12-38-25(35)19-18-22(4)20-24(21(2)3)34(11)29(37)27(30(5,6)7)33-28(36)26(32-10)31(8,9)23-16-14-13-15-17-23/h13-21,24,26-27,32H,12H2,1-11H3,(H,33,36)/b19-18?,22-20+/t24-,26-,27-/m1/s1. The van der Waals surface area contributed by atoms with Gasteiger partial charge >= 0.3 is 5.97 Å². The highest BCUT2D eigenvalue weighted by molar-refractivity contribution is 5.91. The van der Waals surface area contributed by atoms with Gasteiger partial charge in [0.1, 0.15) is 6.04 Å². The molecular formula is C31H49N3O4. The van der Waals surface area contributed by atoms with Gasteiger partial charge in [-0.25, -0.2) is 4.79 Å². The molecule has 2 N–H and O–H groups in total. The number of likely N-dealkylation sites (N-methyl/N-ethyl adjacent to an activating group) is 2. The van der Waals surface area contributed by atoms with E-state index in [1.807, 2.05) is 91.8 Å². The minimum Gasteiger partial charge on any atom is -0.463 e. The Balaban J connectivity index is 3.25. The second-order valence-corrected chi connectivity index (χ2v) is 11.8. The van der Waals surface area contributed by atoms with Crippen LogP contribution in [0.1, 0.15) is 67.9 Å². The lowest BCUT2D eigenvalue weighted by molar-refractivity contribution is -0.140. The quantitative estimate of drug-likeness (QED) is 0.235. The number of amides is 2. The third-order valence-corrected chi connectivity index (χ3v) is 6.87. The molecule has 0 saturated carbocycles. The molecule has 0 bridgehead atoms. The van der Waals surface area contributed by atoms with E-state index in [1.54, 1.807) is 32.0 Å². The Hall–Kier alpha value is -2.93. The van der Waals surface area contributed by atoms with Crippen molar-refractivity contribution in [2.45, 2.75) is 85.9 Å². The largest absolute Gasteiger partial charge is 0.463 e. The highest BCUT2D eigenvalue weighted by atomic mass is 16.5. The molecule has 7 nitrogen and oxygen atoms in total. The number of carbonyl (C=O) groups is 3. The Labute approximate surface area is 230 Å². The van der Waals surface area contributed by atoms with E-state index in [4.69, 9.17) is 4.74 Å². The second kappa shape index (κ2) is 14.3. The van der Waals surface area contributed by atoms with Crippen molar-refractivity contribution in [3.8, 4) is 0 Å². The van der Waals surface area contributed by atoms with Crippen LogP contribution in [0, 0.1) is 11.3 Å². The molecule has 0 fully saturated rings. The van der Waals surface area contributed by atoms with E-state index in [1.165, 1.54) is 6.08 Å². The number of allylic oxidation sites excluding steroid dienone is 2. The van der Waals surface area contributed by atoms with Crippen LogP contribution < -0.4 is 10.6 Å². The zero-order chi connectivity index (χ0) is 29.3. The van der Waals surface area contributed by atoms with Gasteiger partial charge in [-0.15, -0.1) is 0 Å². The van der Waals surface area contributed by atoms with Gasteiger partial charge in [-0.1, -0.05) is 96.5 Å². The van der Waals surface area contributed by atoms with Crippen molar-refractivity contribution in [2.24, 2.45) is 11.3 Å². The van der Waals surface area contributed by atoms with Crippen LogP contribution in [0.2, 0.25) is 0 Å². The molecule has 7 heteroatoms. The lowest BCUT2D eigenvalue weighted by Gasteiger charge is -2.40. The van der Waals surface area contributed by atoms with Crippen molar-refractivity contribution in [1.82, 2.24) is 15.5 Å². The summed E-state index contributed by atoms with van der Waals surface area (Å²) in [6.45, 7) is 17.9. The smallest absolute Gasteiger partial charge is 0.330 e. The van der Waals surface area contributed by atoms with Gasteiger partial charge in [0.2, 0.25) is 11.8 Å². The summed E-state index contributed by atoms with van der Waals surface area (Å²) in [6.07, 6.45) is 5.05.